The Labute approximate surface area is 47.7 Å². The summed E-state index contributed by atoms with van der Waals surface area (Å²) in [7, 11) is 0. The van der Waals surface area contributed by atoms with Crippen molar-refractivity contribution in [2.75, 3.05) is 13.2 Å². The minimum absolute atomic E-state index is 0.125. The van der Waals surface area contributed by atoms with Gasteiger partial charge in [0.2, 0.25) is 0 Å². The topological polar surface area (TPSA) is 57.5 Å². The molecule has 0 saturated carbocycles. The van der Waals surface area contributed by atoms with E-state index in [2.05, 4.69) is 0 Å². The first kappa shape index (κ1) is 9.66. The fourth-order valence-corrected chi connectivity index (χ4v) is 0. The van der Waals surface area contributed by atoms with Crippen molar-refractivity contribution in [1.29, 1.82) is 0 Å². The Bertz CT molecular complexity index is 16.3. The van der Waals surface area contributed by atoms with Gasteiger partial charge in [-0.15, -0.1) is 0 Å². The van der Waals surface area contributed by atoms with Crippen molar-refractivity contribution in [3.63, 3.8) is 0 Å². The van der Waals surface area contributed by atoms with Crippen LogP contribution in [-0.2, 0) is 23.7 Å². The molecule has 0 amide bonds. The van der Waals surface area contributed by atoms with E-state index in [0.29, 0.717) is 0 Å². The van der Waals surface area contributed by atoms with E-state index in [4.69, 9.17) is 13.5 Å². The van der Waals surface area contributed by atoms with Gasteiger partial charge in [-0.05, 0) is 0 Å². The fraction of sp³-hybridized carbons (Fsp3) is 1.00. The van der Waals surface area contributed by atoms with Crippen molar-refractivity contribution in [2.24, 2.45) is 0 Å². The van der Waals surface area contributed by atoms with Crippen LogP contribution in [0.2, 0.25) is 0 Å². The van der Waals surface area contributed by atoms with E-state index in [0.717, 1.165) is 20.4 Å². The molecule has 0 aliphatic carbocycles. The van der Waals surface area contributed by atoms with Crippen molar-refractivity contribution in [3.8, 4) is 0 Å². The van der Waals surface area contributed by atoms with Crippen LogP contribution < -0.4 is 0 Å². The van der Waals surface area contributed by atoms with Crippen LogP contribution in [0.5, 0.6) is 0 Å². The Morgan fingerprint density at radius 1 is 1.17 bits per heavy atom. The van der Waals surface area contributed by atoms with E-state index >= 15 is 0 Å². The molecule has 3 nitrogen and oxygen atoms in total. The van der Waals surface area contributed by atoms with Gasteiger partial charge in [0.25, 0.3) is 0 Å². The average Bonchev–Trinajstić information content (AvgIpc) is 1.72. The summed E-state index contributed by atoms with van der Waals surface area (Å²) in [6.45, 7) is -0.250. The quantitative estimate of drug-likeness (QED) is 0.436. The molecule has 0 atom stereocenters. The van der Waals surface area contributed by atoms with E-state index in [-0.39, 0.29) is 13.2 Å². The molecule has 0 aromatic carbocycles. The standard InChI is InChI=1S/C2H6O2.O.Ti/c3-1-2-4;;/h3-4H,1-2H2;;. The van der Waals surface area contributed by atoms with Crippen LogP contribution in [0.1, 0.15) is 0 Å². The van der Waals surface area contributed by atoms with Gasteiger partial charge in [0.15, 0.2) is 0 Å². The van der Waals surface area contributed by atoms with E-state index in [9.17, 15) is 0 Å². The molecular formula is C2H6O3Ti. The summed E-state index contributed by atoms with van der Waals surface area (Å²) >= 11 is 0.750. The van der Waals surface area contributed by atoms with Crippen molar-refractivity contribution in [2.45, 2.75) is 0 Å². The number of hydrogen-bond acceptors (Lipinski definition) is 3. The maximum atomic E-state index is 8.25. The van der Waals surface area contributed by atoms with E-state index in [1.54, 1.807) is 0 Å². The van der Waals surface area contributed by atoms with E-state index < -0.39 is 0 Å². The molecule has 0 rings (SSSR count). The second-order valence-corrected chi connectivity index (χ2v) is 0.447. The summed E-state index contributed by atoms with van der Waals surface area (Å²) in [6.07, 6.45) is 0. The molecule has 0 bridgehead atoms. The van der Waals surface area contributed by atoms with E-state index in [1.807, 2.05) is 0 Å². The van der Waals surface area contributed by atoms with Crippen LogP contribution >= 0.6 is 0 Å². The molecule has 0 unspecified atom stereocenters. The third kappa shape index (κ3) is 25.4. The van der Waals surface area contributed by atoms with Gasteiger partial charge in [-0.3, -0.25) is 0 Å². The van der Waals surface area contributed by atoms with Crippen molar-refractivity contribution < 1.29 is 33.9 Å². The number of aliphatic hydroxyl groups excluding tert-OH is 2. The van der Waals surface area contributed by atoms with E-state index in [1.165, 1.54) is 0 Å². The van der Waals surface area contributed by atoms with Crippen LogP contribution in [0.25, 0.3) is 0 Å². The van der Waals surface area contributed by atoms with Gasteiger partial charge in [0.1, 0.15) is 0 Å². The molecule has 0 radical (unpaired) electrons. The van der Waals surface area contributed by atoms with Crippen molar-refractivity contribution in [1.82, 2.24) is 0 Å². The second kappa shape index (κ2) is 18.0. The van der Waals surface area contributed by atoms with Gasteiger partial charge >= 0.3 is 23.7 Å². The third-order valence-corrected chi connectivity index (χ3v) is 0.1000. The van der Waals surface area contributed by atoms with Crippen LogP contribution in [-0.4, -0.2) is 23.4 Å². The Balaban J connectivity index is 0. The molecule has 4 heteroatoms. The van der Waals surface area contributed by atoms with Crippen LogP contribution in [0, 0.1) is 0 Å². The fourth-order valence-electron chi connectivity index (χ4n) is 0. The summed E-state index contributed by atoms with van der Waals surface area (Å²) in [5.74, 6) is 0. The molecule has 0 spiro atoms. The molecule has 0 aromatic heterocycles. The monoisotopic (exact) mass is 126 g/mol. The summed E-state index contributed by atoms with van der Waals surface area (Å²) < 4.78 is 8.25. The van der Waals surface area contributed by atoms with Crippen LogP contribution in [0.4, 0.5) is 0 Å². The predicted octanol–water partition coefficient (Wildman–Crippen LogP) is -1.15. The first-order valence-electron chi connectivity index (χ1n) is 1.34. The Morgan fingerprint density at radius 2 is 1.33 bits per heavy atom. The zero-order valence-corrected chi connectivity index (χ0v) is 4.78. The molecular weight excluding hydrogens is 120 g/mol. The maximum absolute atomic E-state index is 8.25. The molecule has 2 N–H and O–H groups in total. The average molecular weight is 126 g/mol. The molecule has 36 valence electrons. The number of hydrogen-bond donors (Lipinski definition) is 2. The normalized spacial score (nSPS) is 5.50. The predicted molar refractivity (Wildman–Crippen MR) is 14.9 cm³/mol. The van der Waals surface area contributed by atoms with Gasteiger partial charge in [-0.2, -0.15) is 0 Å². The number of rotatable bonds is 1. The molecule has 0 heterocycles. The first-order valence-corrected chi connectivity index (χ1v) is 1.97. The van der Waals surface area contributed by atoms with Gasteiger partial charge in [0.05, 0.1) is 13.2 Å². The minimum atomic E-state index is -0.125. The summed E-state index contributed by atoms with van der Waals surface area (Å²) in [4.78, 5) is 0. The van der Waals surface area contributed by atoms with Gasteiger partial charge in [0, 0.05) is 0 Å². The molecule has 0 aliphatic rings. The molecule has 0 aliphatic heterocycles. The van der Waals surface area contributed by atoms with Crippen molar-refractivity contribution >= 4 is 0 Å². The Hall–Kier alpha value is 0.434. The zero-order chi connectivity index (χ0) is 5.41. The van der Waals surface area contributed by atoms with Gasteiger partial charge in [-0.1, -0.05) is 0 Å². The Kier molecular flexibility index (Phi) is 29.0. The second-order valence-electron chi connectivity index (χ2n) is 0.447. The summed E-state index contributed by atoms with van der Waals surface area (Å²) in [6, 6.07) is 0. The number of aliphatic hydroxyl groups is 2. The molecule has 0 saturated heterocycles. The molecule has 6 heavy (non-hydrogen) atoms. The molecule has 0 aromatic rings. The summed E-state index contributed by atoms with van der Waals surface area (Å²) in [5.41, 5.74) is 0. The Morgan fingerprint density at radius 3 is 1.33 bits per heavy atom. The van der Waals surface area contributed by atoms with Crippen LogP contribution in [0.15, 0.2) is 0 Å². The third-order valence-electron chi connectivity index (χ3n) is 0.1000. The first-order chi connectivity index (χ1) is 2.91. The van der Waals surface area contributed by atoms with Gasteiger partial charge < -0.3 is 10.2 Å². The zero-order valence-electron chi connectivity index (χ0n) is 3.22. The molecule has 0 fully saturated rings. The van der Waals surface area contributed by atoms with Crippen LogP contribution in [0.3, 0.4) is 0 Å². The SMILES string of the molecule is OCCO.[O]=[Ti]. The summed E-state index contributed by atoms with van der Waals surface area (Å²) in [5, 5.41) is 15.2. The van der Waals surface area contributed by atoms with Crippen molar-refractivity contribution in [3.05, 3.63) is 0 Å². The van der Waals surface area contributed by atoms with Gasteiger partial charge in [-0.25, -0.2) is 0 Å².